The van der Waals surface area contributed by atoms with E-state index in [2.05, 4.69) is 20.1 Å². The average molecular weight is 369 g/mol. The molecule has 7 nitrogen and oxygen atoms in total. The van der Waals surface area contributed by atoms with E-state index in [0.29, 0.717) is 16.7 Å². The molecule has 0 aliphatic carbocycles. The Morgan fingerprint density at radius 3 is 2.81 bits per heavy atom. The average Bonchev–Trinajstić information content (AvgIpc) is 3.10. The molecule has 0 radical (unpaired) electrons. The van der Waals surface area contributed by atoms with Crippen LogP contribution in [0.3, 0.4) is 0 Å². The van der Waals surface area contributed by atoms with Crippen molar-refractivity contribution in [2.75, 3.05) is 0 Å². The van der Waals surface area contributed by atoms with Crippen LogP contribution in [0.2, 0.25) is 0 Å². The van der Waals surface area contributed by atoms with E-state index >= 15 is 0 Å². The molecule has 0 saturated carbocycles. The van der Waals surface area contributed by atoms with Crippen LogP contribution < -0.4 is 4.74 Å². The van der Waals surface area contributed by atoms with Crippen molar-refractivity contribution in [1.82, 2.24) is 24.7 Å². The first-order valence-corrected chi connectivity index (χ1v) is 7.99. The Morgan fingerprint density at radius 1 is 1.15 bits per heavy atom. The summed E-state index contributed by atoms with van der Waals surface area (Å²) in [5.41, 5.74) is 0.714. The molecule has 1 aromatic carbocycles. The number of ether oxygens (including phenoxy) is 1. The van der Waals surface area contributed by atoms with Crippen LogP contribution >= 0.6 is 0 Å². The third-order valence-corrected chi connectivity index (χ3v) is 4.05. The van der Waals surface area contributed by atoms with Crippen molar-refractivity contribution >= 4 is 10.9 Å². The molecule has 0 amide bonds. The topological polar surface area (TPSA) is 86.0 Å². The van der Waals surface area contributed by atoms with Crippen LogP contribution in [0, 0.1) is 11.6 Å². The first-order chi connectivity index (χ1) is 13.0. The zero-order valence-electron chi connectivity index (χ0n) is 14.0. The third-order valence-electron chi connectivity index (χ3n) is 4.05. The zero-order chi connectivity index (χ0) is 19.0. The van der Waals surface area contributed by atoms with Crippen molar-refractivity contribution in [3.05, 3.63) is 66.3 Å². The molecule has 0 spiro atoms. The molecule has 27 heavy (non-hydrogen) atoms. The highest BCUT2D eigenvalue weighted by Crippen LogP contribution is 2.27. The SMILES string of the molecule is CC(c1ccc(F)cc1F)n1cc(Oc2nc(O)c3ccncc3n2)cn1. The summed E-state index contributed by atoms with van der Waals surface area (Å²) in [5, 5.41) is 14.6. The number of nitrogens with zero attached hydrogens (tertiary/aromatic N) is 5. The maximum absolute atomic E-state index is 14.0. The fraction of sp³-hybridized carbons (Fsp3) is 0.111. The number of pyridine rings is 1. The van der Waals surface area contributed by atoms with E-state index in [9.17, 15) is 13.9 Å². The molecule has 0 bridgehead atoms. The van der Waals surface area contributed by atoms with E-state index in [1.807, 2.05) is 0 Å². The maximum atomic E-state index is 14.0. The smallest absolute Gasteiger partial charge is 0.326 e. The molecule has 3 aromatic heterocycles. The van der Waals surface area contributed by atoms with Gasteiger partial charge in [0.05, 0.1) is 35.5 Å². The van der Waals surface area contributed by atoms with Gasteiger partial charge in [-0.1, -0.05) is 6.07 Å². The van der Waals surface area contributed by atoms with Crippen LogP contribution in [0.15, 0.2) is 49.1 Å². The molecule has 9 heteroatoms. The second-order valence-corrected chi connectivity index (χ2v) is 5.82. The van der Waals surface area contributed by atoms with E-state index in [-0.39, 0.29) is 17.5 Å². The highest BCUT2D eigenvalue weighted by molar-refractivity contribution is 5.82. The number of aromatic hydroxyl groups is 1. The standard InChI is InChI=1S/C18H13F2N5O2/c1-10(13-3-2-11(19)6-15(13)20)25-9-12(7-22-25)27-18-23-16-8-21-5-4-14(16)17(26)24-18/h2-10H,1H3,(H,23,24,26). The zero-order valence-corrected chi connectivity index (χ0v) is 14.0. The Labute approximate surface area is 151 Å². The van der Waals surface area contributed by atoms with Crippen LogP contribution in [-0.4, -0.2) is 29.8 Å². The van der Waals surface area contributed by atoms with Crippen LogP contribution in [0.5, 0.6) is 17.6 Å². The van der Waals surface area contributed by atoms with Crippen molar-refractivity contribution < 1.29 is 18.6 Å². The van der Waals surface area contributed by atoms with Gasteiger partial charge in [0.1, 0.15) is 11.6 Å². The van der Waals surface area contributed by atoms with Crippen LogP contribution in [0.25, 0.3) is 10.9 Å². The lowest BCUT2D eigenvalue weighted by Crippen LogP contribution is -2.09. The lowest BCUT2D eigenvalue weighted by Gasteiger charge is -2.13. The fourth-order valence-corrected chi connectivity index (χ4v) is 2.66. The molecule has 136 valence electrons. The monoisotopic (exact) mass is 369 g/mol. The van der Waals surface area contributed by atoms with Gasteiger partial charge in [-0.25, -0.2) is 8.78 Å². The van der Waals surface area contributed by atoms with Crippen LogP contribution in [-0.2, 0) is 0 Å². The minimum Gasteiger partial charge on any atom is -0.493 e. The van der Waals surface area contributed by atoms with Gasteiger partial charge in [0.25, 0.3) is 0 Å². The summed E-state index contributed by atoms with van der Waals surface area (Å²) in [6.45, 7) is 1.72. The molecule has 1 unspecified atom stereocenters. The highest BCUT2D eigenvalue weighted by atomic mass is 19.1. The first-order valence-electron chi connectivity index (χ1n) is 7.99. The summed E-state index contributed by atoms with van der Waals surface area (Å²) in [6, 6.07) is 4.41. The minimum absolute atomic E-state index is 0.0758. The number of hydrogen-bond donors (Lipinski definition) is 1. The molecule has 4 aromatic rings. The van der Waals surface area contributed by atoms with Gasteiger partial charge in [0, 0.05) is 17.8 Å². The predicted molar refractivity (Wildman–Crippen MR) is 91.5 cm³/mol. The molecular formula is C18H13F2N5O2. The molecular weight excluding hydrogens is 356 g/mol. The normalized spacial score (nSPS) is 12.3. The summed E-state index contributed by atoms with van der Waals surface area (Å²) >= 11 is 0. The second-order valence-electron chi connectivity index (χ2n) is 5.82. The Kier molecular flexibility index (Phi) is 4.11. The summed E-state index contributed by atoms with van der Waals surface area (Å²) in [4.78, 5) is 12.0. The number of aromatic nitrogens is 5. The number of fused-ring (bicyclic) bond motifs is 1. The fourth-order valence-electron chi connectivity index (χ4n) is 2.66. The Balaban J connectivity index is 1.59. The number of hydrogen-bond acceptors (Lipinski definition) is 6. The van der Waals surface area contributed by atoms with Crippen molar-refractivity contribution in [2.24, 2.45) is 0 Å². The lowest BCUT2D eigenvalue weighted by atomic mass is 10.1. The summed E-state index contributed by atoms with van der Waals surface area (Å²) in [5.74, 6) is -1.23. The van der Waals surface area contributed by atoms with Gasteiger partial charge in [-0.3, -0.25) is 9.67 Å². The van der Waals surface area contributed by atoms with Crippen LogP contribution in [0.1, 0.15) is 18.5 Å². The van der Waals surface area contributed by atoms with Gasteiger partial charge >= 0.3 is 6.01 Å². The summed E-state index contributed by atoms with van der Waals surface area (Å²) < 4.78 is 34.1. The largest absolute Gasteiger partial charge is 0.493 e. The minimum atomic E-state index is -0.657. The van der Waals surface area contributed by atoms with Gasteiger partial charge in [-0.15, -0.1) is 0 Å². The molecule has 0 fully saturated rings. The van der Waals surface area contributed by atoms with Crippen LogP contribution in [0.4, 0.5) is 8.78 Å². The van der Waals surface area contributed by atoms with Crippen molar-refractivity contribution in [3.8, 4) is 17.6 Å². The molecule has 1 N–H and O–H groups in total. The molecule has 3 heterocycles. The number of halogens is 2. The van der Waals surface area contributed by atoms with Gasteiger partial charge in [-0.05, 0) is 19.1 Å². The Hall–Kier alpha value is -3.62. The molecule has 1 atom stereocenters. The highest BCUT2D eigenvalue weighted by Gasteiger charge is 2.16. The molecule has 0 aliphatic heterocycles. The number of rotatable bonds is 4. The van der Waals surface area contributed by atoms with Gasteiger partial charge < -0.3 is 9.84 Å². The Morgan fingerprint density at radius 2 is 2.00 bits per heavy atom. The summed E-state index contributed by atoms with van der Waals surface area (Å²) in [6.07, 6.45) is 5.94. The quantitative estimate of drug-likeness (QED) is 0.591. The maximum Gasteiger partial charge on any atom is 0.326 e. The van der Waals surface area contributed by atoms with Gasteiger partial charge in [0.2, 0.25) is 5.88 Å². The van der Waals surface area contributed by atoms with Gasteiger partial charge in [0.15, 0.2) is 5.75 Å². The second kappa shape index (κ2) is 6.60. The van der Waals surface area contributed by atoms with Crippen molar-refractivity contribution in [2.45, 2.75) is 13.0 Å². The third kappa shape index (κ3) is 3.26. The van der Waals surface area contributed by atoms with E-state index in [4.69, 9.17) is 4.74 Å². The molecule has 4 rings (SSSR count). The van der Waals surface area contributed by atoms with Gasteiger partial charge in [-0.2, -0.15) is 15.1 Å². The van der Waals surface area contributed by atoms with E-state index in [0.717, 1.165) is 6.07 Å². The predicted octanol–water partition coefficient (Wildman–Crippen LogP) is 3.61. The van der Waals surface area contributed by atoms with E-state index in [1.54, 1.807) is 13.0 Å². The first kappa shape index (κ1) is 16.8. The van der Waals surface area contributed by atoms with Crippen molar-refractivity contribution in [1.29, 1.82) is 0 Å². The number of benzene rings is 1. The molecule has 0 aliphatic rings. The van der Waals surface area contributed by atoms with Crippen molar-refractivity contribution in [3.63, 3.8) is 0 Å². The van der Waals surface area contributed by atoms with E-state index in [1.165, 1.54) is 41.6 Å². The van der Waals surface area contributed by atoms with E-state index < -0.39 is 17.7 Å². The summed E-state index contributed by atoms with van der Waals surface area (Å²) in [7, 11) is 0. The molecule has 0 saturated heterocycles. The Bertz CT molecular complexity index is 1130. The lowest BCUT2D eigenvalue weighted by molar-refractivity contribution is 0.411.